The highest BCUT2D eigenvalue weighted by molar-refractivity contribution is 7.99. The zero-order valence-corrected chi connectivity index (χ0v) is 10.3. The van der Waals surface area contributed by atoms with Gasteiger partial charge < -0.3 is 5.32 Å². The van der Waals surface area contributed by atoms with E-state index in [1.807, 2.05) is 23.9 Å². The summed E-state index contributed by atoms with van der Waals surface area (Å²) >= 11 is 2.00. The summed E-state index contributed by atoms with van der Waals surface area (Å²) < 4.78 is 0. The molecule has 3 heteroatoms. The second-order valence-corrected chi connectivity index (χ2v) is 5.37. The molecular formula is C13H16N2S. The number of benzene rings is 1. The van der Waals surface area contributed by atoms with Crippen molar-refractivity contribution in [2.45, 2.75) is 25.4 Å². The fourth-order valence-electron chi connectivity index (χ4n) is 1.92. The van der Waals surface area contributed by atoms with E-state index >= 15 is 0 Å². The van der Waals surface area contributed by atoms with E-state index in [9.17, 15) is 0 Å². The van der Waals surface area contributed by atoms with E-state index in [4.69, 9.17) is 5.26 Å². The monoisotopic (exact) mass is 232 g/mol. The standard InChI is InChI=1S/C13H16N2S/c1-10-6-7-16-9-13(15-10)12-4-2-11(8-14)3-5-12/h2-5,10,13,15H,6-7,9H2,1H3. The summed E-state index contributed by atoms with van der Waals surface area (Å²) in [5.74, 6) is 2.36. The largest absolute Gasteiger partial charge is 0.307 e. The smallest absolute Gasteiger partial charge is 0.0991 e. The molecule has 0 aromatic heterocycles. The molecule has 0 saturated carbocycles. The summed E-state index contributed by atoms with van der Waals surface area (Å²) in [5, 5.41) is 12.4. The molecule has 2 nitrogen and oxygen atoms in total. The molecule has 1 aromatic carbocycles. The number of hydrogen-bond donors (Lipinski definition) is 1. The van der Waals surface area contributed by atoms with Crippen molar-refractivity contribution < 1.29 is 0 Å². The van der Waals surface area contributed by atoms with Gasteiger partial charge in [-0.15, -0.1) is 0 Å². The summed E-state index contributed by atoms with van der Waals surface area (Å²) in [6.45, 7) is 2.24. The third kappa shape index (κ3) is 2.78. The number of nitrogens with zero attached hydrogens (tertiary/aromatic N) is 1. The normalized spacial score (nSPS) is 25.8. The van der Waals surface area contributed by atoms with Crippen LogP contribution in [0.3, 0.4) is 0 Å². The molecule has 2 unspecified atom stereocenters. The lowest BCUT2D eigenvalue weighted by Gasteiger charge is -2.19. The molecule has 0 amide bonds. The highest BCUT2D eigenvalue weighted by Crippen LogP contribution is 2.23. The van der Waals surface area contributed by atoms with Crippen molar-refractivity contribution in [1.29, 1.82) is 5.26 Å². The van der Waals surface area contributed by atoms with Crippen LogP contribution in [0, 0.1) is 11.3 Å². The maximum absolute atomic E-state index is 8.76. The lowest BCUT2D eigenvalue weighted by Crippen LogP contribution is -2.30. The van der Waals surface area contributed by atoms with E-state index in [-0.39, 0.29) is 0 Å². The second kappa shape index (κ2) is 5.38. The Morgan fingerprint density at radius 1 is 1.38 bits per heavy atom. The molecule has 1 aliphatic heterocycles. The maximum Gasteiger partial charge on any atom is 0.0991 e. The minimum atomic E-state index is 0.426. The molecule has 1 heterocycles. The molecule has 1 aliphatic rings. The lowest BCUT2D eigenvalue weighted by atomic mass is 10.1. The Labute approximate surface area is 101 Å². The van der Waals surface area contributed by atoms with E-state index < -0.39 is 0 Å². The van der Waals surface area contributed by atoms with Crippen molar-refractivity contribution in [2.75, 3.05) is 11.5 Å². The molecule has 0 spiro atoms. The average molecular weight is 232 g/mol. The third-order valence-corrected chi connectivity index (χ3v) is 4.00. The first-order chi connectivity index (χ1) is 7.79. The number of rotatable bonds is 1. The highest BCUT2D eigenvalue weighted by Gasteiger charge is 2.17. The molecule has 16 heavy (non-hydrogen) atoms. The van der Waals surface area contributed by atoms with Crippen molar-refractivity contribution in [1.82, 2.24) is 5.32 Å². The van der Waals surface area contributed by atoms with Crippen molar-refractivity contribution in [3.8, 4) is 6.07 Å². The van der Waals surface area contributed by atoms with Crippen molar-refractivity contribution >= 4 is 11.8 Å². The zero-order valence-electron chi connectivity index (χ0n) is 9.44. The van der Waals surface area contributed by atoms with Gasteiger partial charge in [-0.25, -0.2) is 0 Å². The molecule has 1 fully saturated rings. The van der Waals surface area contributed by atoms with Gasteiger partial charge in [0.2, 0.25) is 0 Å². The molecule has 0 aliphatic carbocycles. The van der Waals surface area contributed by atoms with Crippen LogP contribution in [0.4, 0.5) is 0 Å². The van der Waals surface area contributed by atoms with Gasteiger partial charge in [0, 0.05) is 17.8 Å². The first-order valence-electron chi connectivity index (χ1n) is 5.63. The Hall–Kier alpha value is -0.980. The predicted molar refractivity (Wildman–Crippen MR) is 68.4 cm³/mol. The Kier molecular flexibility index (Phi) is 3.87. The van der Waals surface area contributed by atoms with Crippen LogP contribution in [0.15, 0.2) is 24.3 Å². The molecule has 1 N–H and O–H groups in total. The van der Waals surface area contributed by atoms with Gasteiger partial charge >= 0.3 is 0 Å². The molecular weight excluding hydrogens is 216 g/mol. The highest BCUT2D eigenvalue weighted by atomic mass is 32.2. The average Bonchev–Trinajstić information content (AvgIpc) is 2.54. The number of nitrogens with one attached hydrogen (secondary N) is 1. The Balaban J connectivity index is 2.12. The van der Waals surface area contributed by atoms with Gasteiger partial charge in [0.05, 0.1) is 11.6 Å². The minimum Gasteiger partial charge on any atom is -0.307 e. The van der Waals surface area contributed by atoms with Crippen molar-refractivity contribution in [3.05, 3.63) is 35.4 Å². The van der Waals surface area contributed by atoms with Crippen molar-refractivity contribution in [2.24, 2.45) is 0 Å². The summed E-state index contributed by atoms with van der Waals surface area (Å²) in [6.07, 6.45) is 1.23. The Bertz CT molecular complexity index is 380. The number of nitriles is 1. The van der Waals surface area contributed by atoms with Gasteiger partial charge in [-0.1, -0.05) is 12.1 Å². The van der Waals surface area contributed by atoms with E-state index in [0.29, 0.717) is 12.1 Å². The van der Waals surface area contributed by atoms with Gasteiger partial charge in [-0.3, -0.25) is 0 Å². The lowest BCUT2D eigenvalue weighted by molar-refractivity contribution is 0.485. The van der Waals surface area contributed by atoms with Gasteiger partial charge in [0.25, 0.3) is 0 Å². The van der Waals surface area contributed by atoms with Crippen LogP contribution in [-0.4, -0.2) is 17.5 Å². The Morgan fingerprint density at radius 2 is 2.12 bits per heavy atom. The van der Waals surface area contributed by atoms with Gasteiger partial charge in [0.15, 0.2) is 0 Å². The van der Waals surface area contributed by atoms with Crippen LogP contribution in [0.2, 0.25) is 0 Å². The molecule has 84 valence electrons. The number of hydrogen-bond acceptors (Lipinski definition) is 3. The maximum atomic E-state index is 8.76. The van der Waals surface area contributed by atoms with Crippen LogP contribution >= 0.6 is 11.8 Å². The van der Waals surface area contributed by atoms with E-state index in [0.717, 1.165) is 11.3 Å². The molecule has 2 rings (SSSR count). The zero-order chi connectivity index (χ0) is 11.4. The van der Waals surface area contributed by atoms with E-state index in [2.05, 4.69) is 30.4 Å². The summed E-state index contributed by atoms with van der Waals surface area (Å²) in [7, 11) is 0. The molecule has 0 bridgehead atoms. The first kappa shape index (κ1) is 11.5. The summed E-state index contributed by atoms with van der Waals surface area (Å²) in [5.41, 5.74) is 2.03. The second-order valence-electron chi connectivity index (χ2n) is 4.22. The van der Waals surface area contributed by atoms with E-state index in [1.54, 1.807) is 0 Å². The summed E-state index contributed by atoms with van der Waals surface area (Å²) in [4.78, 5) is 0. The predicted octanol–water partition coefficient (Wildman–Crippen LogP) is 2.71. The van der Waals surface area contributed by atoms with Crippen LogP contribution in [-0.2, 0) is 0 Å². The van der Waals surface area contributed by atoms with Gasteiger partial charge in [0.1, 0.15) is 0 Å². The molecule has 2 atom stereocenters. The SMILES string of the molecule is CC1CCSCC(c2ccc(C#N)cc2)N1. The van der Waals surface area contributed by atoms with Crippen LogP contribution in [0.25, 0.3) is 0 Å². The third-order valence-electron chi connectivity index (χ3n) is 2.91. The fraction of sp³-hybridized carbons (Fsp3) is 0.462. The van der Waals surface area contributed by atoms with Gasteiger partial charge in [-0.2, -0.15) is 17.0 Å². The topological polar surface area (TPSA) is 35.8 Å². The minimum absolute atomic E-state index is 0.426. The summed E-state index contributed by atoms with van der Waals surface area (Å²) in [6, 6.07) is 11.1. The fourth-order valence-corrected chi connectivity index (χ4v) is 3.13. The molecule has 1 saturated heterocycles. The molecule has 1 aromatic rings. The van der Waals surface area contributed by atoms with Gasteiger partial charge in [-0.05, 0) is 36.8 Å². The Morgan fingerprint density at radius 3 is 2.81 bits per heavy atom. The molecule has 0 radical (unpaired) electrons. The van der Waals surface area contributed by atoms with E-state index in [1.165, 1.54) is 17.7 Å². The van der Waals surface area contributed by atoms with Crippen molar-refractivity contribution in [3.63, 3.8) is 0 Å². The van der Waals surface area contributed by atoms with Crippen LogP contribution in [0.5, 0.6) is 0 Å². The quantitative estimate of drug-likeness (QED) is 0.808. The number of thioether (sulfide) groups is 1. The van der Waals surface area contributed by atoms with Crippen LogP contribution in [0.1, 0.15) is 30.5 Å². The van der Waals surface area contributed by atoms with Crippen LogP contribution < -0.4 is 5.32 Å². The first-order valence-corrected chi connectivity index (χ1v) is 6.79.